The quantitative estimate of drug-likeness (QED) is 0.139. The van der Waals surface area contributed by atoms with E-state index in [0.717, 1.165) is 51.0 Å². The van der Waals surface area contributed by atoms with Crippen molar-refractivity contribution in [3.63, 3.8) is 0 Å². The molecule has 5 heteroatoms. The minimum Gasteiger partial charge on any atom is -0.507 e. The summed E-state index contributed by atoms with van der Waals surface area (Å²) in [5.41, 5.74) is 5.41. The van der Waals surface area contributed by atoms with E-state index in [2.05, 4.69) is 115 Å². The summed E-state index contributed by atoms with van der Waals surface area (Å²) in [4.78, 5) is 10.3. The van der Waals surface area contributed by atoms with E-state index in [0.29, 0.717) is 39.6 Å². The molecule has 336 valence electrons. The zero-order valence-electron chi connectivity index (χ0n) is 51.4. The third-order valence-corrected chi connectivity index (χ3v) is 11.8. The van der Waals surface area contributed by atoms with Crippen molar-refractivity contribution in [3.05, 3.63) is 167 Å². The molecule has 0 aliphatic rings. The van der Waals surface area contributed by atoms with Gasteiger partial charge in [-0.15, -0.1) is 29.3 Å². The van der Waals surface area contributed by atoms with E-state index in [1.165, 1.54) is 17.8 Å². The molecule has 8 aromatic rings. The molecule has 65 heavy (non-hydrogen) atoms. The largest absolute Gasteiger partial charge is 0.507 e. The van der Waals surface area contributed by atoms with Crippen LogP contribution in [0.5, 0.6) is 5.75 Å². The molecule has 0 amide bonds. The van der Waals surface area contributed by atoms with E-state index >= 15 is 0 Å². The van der Waals surface area contributed by atoms with E-state index in [9.17, 15) is 5.11 Å². The maximum absolute atomic E-state index is 12.4. The van der Waals surface area contributed by atoms with Gasteiger partial charge in [0, 0.05) is 50.9 Å². The van der Waals surface area contributed by atoms with Crippen LogP contribution in [-0.2, 0) is 38.3 Å². The molecule has 0 spiro atoms. The van der Waals surface area contributed by atoms with Gasteiger partial charge in [0.15, 0.2) is 0 Å². The molecular formula is C60H64N3OPt-. The van der Waals surface area contributed by atoms with Crippen LogP contribution in [0.3, 0.4) is 0 Å². The predicted octanol–water partition coefficient (Wildman–Crippen LogP) is 16.3. The van der Waals surface area contributed by atoms with Crippen LogP contribution in [0.15, 0.2) is 133 Å². The van der Waals surface area contributed by atoms with Gasteiger partial charge in [0.2, 0.25) is 0 Å². The molecule has 0 saturated carbocycles. The van der Waals surface area contributed by atoms with Crippen molar-refractivity contribution in [2.45, 2.75) is 112 Å². The first-order valence-corrected chi connectivity index (χ1v) is 22.0. The maximum atomic E-state index is 12.4. The van der Waals surface area contributed by atoms with Crippen LogP contribution in [0, 0.1) is 12.0 Å². The third-order valence-electron chi connectivity index (χ3n) is 11.8. The standard InChI is InChI=1S/C60H64N3O.Pt/c1-37(2)29-40-21-26-54(51(30-40)42-17-14-13-15-18-42)63-55-20-16-19-49(56(55)62-58(63)52-35-44(38(3)4)34-50(39(5)6)57(52)64)45-31-46(33-48(32-45)60(10,11)12)53-36-43(27-28-61-53)41-22-24-47(25-23-41)59(7,8)9;/h13-28,30,32-39,64H,29H2,1-12H3;/q-1;/i7D3,8D3,9D3,22D,23D,24D,25D;. The number of hydrogen-bond acceptors (Lipinski definition) is 3. The minimum absolute atomic E-state index is 0. The van der Waals surface area contributed by atoms with E-state index in [1.807, 2.05) is 48.5 Å². The Balaban J connectivity index is 0.00000882. The first-order valence-electron chi connectivity index (χ1n) is 28.5. The van der Waals surface area contributed by atoms with Crippen LogP contribution in [-0.4, -0.2) is 19.6 Å². The number of phenolic OH excluding ortho intramolecular Hbond substituents is 1. The van der Waals surface area contributed by atoms with Crippen LogP contribution in [0.1, 0.15) is 140 Å². The summed E-state index contributed by atoms with van der Waals surface area (Å²) < 4.78 is 113. The van der Waals surface area contributed by atoms with Gasteiger partial charge in [0.1, 0.15) is 11.6 Å². The van der Waals surface area contributed by atoms with E-state index < -0.39 is 61.1 Å². The summed E-state index contributed by atoms with van der Waals surface area (Å²) in [5, 5.41) is 12.4. The monoisotopic (exact) mass is 1050 g/mol. The molecule has 8 rings (SSSR count). The van der Waals surface area contributed by atoms with Gasteiger partial charge >= 0.3 is 0 Å². The number of hydrogen-bond donors (Lipinski definition) is 1. The summed E-state index contributed by atoms with van der Waals surface area (Å²) in [5.74, 6) is 1.26. The smallest absolute Gasteiger partial charge is 0.148 e. The number of fused-ring (bicyclic) bond motifs is 1. The van der Waals surface area contributed by atoms with Crippen molar-refractivity contribution in [1.82, 2.24) is 14.5 Å². The van der Waals surface area contributed by atoms with Gasteiger partial charge in [-0.1, -0.05) is 179 Å². The molecule has 6 aromatic carbocycles. The molecule has 0 atom stereocenters. The molecule has 2 heterocycles. The van der Waals surface area contributed by atoms with Crippen LogP contribution in [0.2, 0.25) is 0 Å². The molecular weight excluding hydrogens is 974 g/mol. The van der Waals surface area contributed by atoms with Crippen molar-refractivity contribution in [1.29, 1.82) is 0 Å². The number of rotatable bonds is 10. The second-order valence-electron chi connectivity index (χ2n) is 19.0. The van der Waals surface area contributed by atoms with Crippen LogP contribution >= 0.6 is 0 Å². The molecule has 1 N–H and O–H groups in total. The Kier molecular flexibility index (Phi) is 9.50. The number of nitrogens with zero attached hydrogens (tertiary/aromatic N) is 3. The second-order valence-corrected chi connectivity index (χ2v) is 19.0. The number of para-hydroxylation sites is 1. The first-order chi connectivity index (χ1) is 35.8. The summed E-state index contributed by atoms with van der Waals surface area (Å²) in [6.07, 6.45) is 2.30. The number of phenols is 1. The van der Waals surface area contributed by atoms with Crippen molar-refractivity contribution < 1.29 is 44.0 Å². The molecule has 0 fully saturated rings. The molecule has 0 aliphatic carbocycles. The Bertz CT molecular complexity index is 3490. The maximum Gasteiger partial charge on any atom is 0.148 e. The van der Waals surface area contributed by atoms with Gasteiger partial charge in [-0.25, -0.2) is 4.98 Å². The Hall–Kier alpha value is -5.57. The number of aromatic nitrogens is 3. The molecule has 0 aliphatic heterocycles. The van der Waals surface area contributed by atoms with Gasteiger partial charge in [0.25, 0.3) is 0 Å². The Labute approximate surface area is 420 Å². The summed E-state index contributed by atoms with van der Waals surface area (Å²) in [6.45, 7) is 7.58. The average molecular weight is 1050 g/mol. The Morgan fingerprint density at radius 3 is 2.06 bits per heavy atom. The van der Waals surface area contributed by atoms with Crippen molar-refractivity contribution in [2.24, 2.45) is 5.92 Å². The molecule has 4 nitrogen and oxygen atoms in total. The van der Waals surface area contributed by atoms with Crippen LogP contribution in [0.4, 0.5) is 0 Å². The zero-order valence-corrected chi connectivity index (χ0v) is 40.7. The normalized spacial score (nSPS) is 15.6. The first kappa shape index (κ1) is 33.0. The number of aromatic hydroxyl groups is 1. The Morgan fingerprint density at radius 2 is 1.40 bits per heavy atom. The van der Waals surface area contributed by atoms with E-state index in [4.69, 9.17) is 27.8 Å². The van der Waals surface area contributed by atoms with E-state index in [-0.39, 0.29) is 49.8 Å². The minimum atomic E-state index is -3.81. The van der Waals surface area contributed by atoms with Gasteiger partial charge < -0.3 is 5.11 Å². The van der Waals surface area contributed by atoms with Crippen molar-refractivity contribution in [2.75, 3.05) is 0 Å². The number of pyridine rings is 1. The topological polar surface area (TPSA) is 50.9 Å². The fourth-order valence-electron chi connectivity index (χ4n) is 8.25. The SMILES string of the molecule is [2H]c1c([2H])c(C(C([2H])([2H])[2H])(C([2H])([2H])[2H])C([2H])([2H])[2H])c([2H])c([2H])c1-c1ccnc(-c2[c-]c(-c3cccc4c3nc(-c3cc(C(C)C)cc(C(C)C)c3O)n4-c3ccc(CC(C)C)cc3-c3ccccc3)cc(C(C)(C)C)c2)c1.[Pt]. The fourth-order valence-corrected chi connectivity index (χ4v) is 8.25. The van der Waals surface area contributed by atoms with E-state index in [1.54, 1.807) is 6.07 Å². The van der Waals surface area contributed by atoms with Crippen LogP contribution in [0.25, 0.3) is 72.7 Å². The number of imidazole rings is 1. The average Bonchev–Trinajstić information content (AvgIpc) is 3.88. The summed E-state index contributed by atoms with van der Waals surface area (Å²) in [6, 6.07) is 33.7. The molecule has 2 aromatic heterocycles. The van der Waals surface area contributed by atoms with Crippen molar-refractivity contribution >= 4 is 11.0 Å². The van der Waals surface area contributed by atoms with Crippen molar-refractivity contribution in [3.8, 4) is 67.5 Å². The van der Waals surface area contributed by atoms with Gasteiger partial charge in [-0.05, 0) is 104 Å². The Morgan fingerprint density at radius 1 is 0.677 bits per heavy atom. The molecule has 0 bridgehead atoms. The molecule has 0 radical (unpaired) electrons. The second kappa shape index (κ2) is 18.7. The third kappa shape index (κ3) is 9.85. The number of benzene rings is 6. The van der Waals surface area contributed by atoms with Crippen LogP contribution < -0.4 is 0 Å². The van der Waals surface area contributed by atoms with Gasteiger partial charge in [0.05, 0.1) is 27.8 Å². The van der Waals surface area contributed by atoms with Gasteiger partial charge in [-0.3, -0.25) is 9.55 Å². The molecule has 0 saturated heterocycles. The molecule has 0 unspecified atom stereocenters. The zero-order chi connectivity index (χ0) is 56.6. The summed E-state index contributed by atoms with van der Waals surface area (Å²) >= 11 is 0. The predicted molar refractivity (Wildman–Crippen MR) is 271 cm³/mol. The fraction of sp³-hybridized carbons (Fsp3) is 0.300. The summed E-state index contributed by atoms with van der Waals surface area (Å²) in [7, 11) is 0. The van der Waals surface area contributed by atoms with Gasteiger partial charge in [-0.2, -0.15) is 0 Å².